The van der Waals surface area contributed by atoms with Crippen molar-refractivity contribution in [2.24, 2.45) is 11.3 Å². The van der Waals surface area contributed by atoms with Gasteiger partial charge in [0, 0.05) is 22.4 Å². The first-order valence-electron chi connectivity index (χ1n) is 9.88. The molecule has 2 N–H and O–H groups in total. The average Bonchev–Trinajstić information content (AvgIpc) is 3.01. The van der Waals surface area contributed by atoms with Crippen LogP contribution in [0.25, 0.3) is 0 Å². The third-order valence-corrected chi connectivity index (χ3v) is 8.20. The zero-order valence-corrected chi connectivity index (χ0v) is 17.1. The summed E-state index contributed by atoms with van der Waals surface area (Å²) in [6.07, 6.45) is 2.65. The van der Waals surface area contributed by atoms with Crippen molar-refractivity contribution < 1.29 is 19.7 Å². The highest BCUT2D eigenvalue weighted by Gasteiger charge is 2.69. The third kappa shape index (κ3) is 2.12. The summed E-state index contributed by atoms with van der Waals surface area (Å²) in [5.74, 6) is 2.00. The first-order chi connectivity index (χ1) is 12.5. The number of aliphatic hydroxyl groups is 2. The smallest absolute Gasteiger partial charge is 0.165 e. The predicted molar refractivity (Wildman–Crippen MR) is 105 cm³/mol. The fourth-order valence-electron chi connectivity index (χ4n) is 6.65. The molecule has 150 valence electrons. The molecule has 2 bridgehead atoms. The van der Waals surface area contributed by atoms with E-state index in [0.717, 1.165) is 43.7 Å². The molecule has 1 spiro atoms. The van der Waals surface area contributed by atoms with Crippen molar-refractivity contribution in [2.75, 3.05) is 27.3 Å². The molecule has 1 aromatic carbocycles. The first-order valence-corrected chi connectivity index (χ1v) is 9.88. The zero-order valence-electron chi connectivity index (χ0n) is 16.3. The Kier molecular flexibility index (Phi) is 4.47. The van der Waals surface area contributed by atoms with Crippen LogP contribution < -0.4 is 9.47 Å². The number of hydrogen-bond acceptors (Lipinski definition) is 5. The molecule has 0 amide bonds. The van der Waals surface area contributed by atoms with Gasteiger partial charge < -0.3 is 24.6 Å². The van der Waals surface area contributed by atoms with Gasteiger partial charge in [-0.1, -0.05) is 13.0 Å². The van der Waals surface area contributed by atoms with Crippen LogP contribution in [-0.4, -0.2) is 60.7 Å². The second kappa shape index (κ2) is 6.24. The minimum absolute atomic E-state index is 0. The molecule has 6 heteroatoms. The van der Waals surface area contributed by atoms with E-state index < -0.39 is 11.5 Å². The van der Waals surface area contributed by atoms with E-state index in [-0.39, 0.29) is 30.5 Å². The maximum Gasteiger partial charge on any atom is 0.165 e. The van der Waals surface area contributed by atoms with Crippen molar-refractivity contribution in [2.45, 2.75) is 56.3 Å². The Hall–Kier alpha value is -1.01. The quantitative estimate of drug-likeness (QED) is 0.821. The summed E-state index contributed by atoms with van der Waals surface area (Å²) in [6, 6.07) is 4.63. The summed E-state index contributed by atoms with van der Waals surface area (Å²) in [4.78, 5) is 2.48. The SMILES string of the molecule is CC[C@]1(CO)CC2C3Cc4ccc(OC)c5c4C2(CCN3C)C(O5)[C@@H]1O.Cl. The lowest BCUT2D eigenvalue weighted by molar-refractivity contribution is -0.177. The molecular weight excluding hydrogens is 366 g/mol. The fraction of sp³-hybridized carbons (Fsp3) is 0.714. The van der Waals surface area contributed by atoms with E-state index in [1.54, 1.807) is 7.11 Å². The number of hydrogen-bond donors (Lipinski definition) is 2. The summed E-state index contributed by atoms with van der Waals surface area (Å²) in [6.45, 7) is 3.10. The average molecular weight is 396 g/mol. The summed E-state index contributed by atoms with van der Waals surface area (Å²) in [5, 5.41) is 21.6. The van der Waals surface area contributed by atoms with Crippen LogP contribution in [0.3, 0.4) is 0 Å². The number of benzene rings is 1. The Morgan fingerprint density at radius 1 is 1.37 bits per heavy atom. The molecule has 4 unspecified atom stereocenters. The number of ether oxygens (including phenoxy) is 2. The lowest BCUT2D eigenvalue weighted by Crippen LogP contribution is -2.70. The molecule has 0 aromatic heterocycles. The maximum atomic E-state index is 11.4. The molecule has 5 rings (SSSR count). The molecule has 5 nitrogen and oxygen atoms in total. The van der Waals surface area contributed by atoms with E-state index >= 15 is 0 Å². The molecule has 2 fully saturated rings. The number of likely N-dealkylation sites (N-methyl/N-ethyl adjacent to an activating group) is 1. The van der Waals surface area contributed by atoms with E-state index in [2.05, 4.69) is 24.9 Å². The van der Waals surface area contributed by atoms with Crippen molar-refractivity contribution in [3.05, 3.63) is 23.3 Å². The summed E-state index contributed by atoms with van der Waals surface area (Å²) in [7, 11) is 3.90. The van der Waals surface area contributed by atoms with Crippen molar-refractivity contribution in [1.82, 2.24) is 4.90 Å². The standard InChI is InChI=1S/C21H29NO4.ClH/c1-4-20(11-23)10-13-14-9-12-5-6-15(25-3)17-16(12)21(13,7-8-22(14)2)19(26-17)18(20)24;/h5-6,13-14,18-19,23-24H,4,7-11H2,1-3H3;1H/t13?,14?,18-,19?,20+,21?;/m0./s1. The van der Waals surface area contributed by atoms with Crippen LogP contribution in [0.15, 0.2) is 12.1 Å². The van der Waals surface area contributed by atoms with Gasteiger partial charge in [0.15, 0.2) is 11.5 Å². The van der Waals surface area contributed by atoms with Gasteiger partial charge in [-0.25, -0.2) is 0 Å². The van der Waals surface area contributed by atoms with Crippen molar-refractivity contribution in [3.8, 4) is 11.5 Å². The number of methoxy groups -OCH3 is 1. The zero-order chi connectivity index (χ0) is 18.3. The molecule has 1 saturated carbocycles. The highest BCUT2D eigenvalue weighted by Crippen LogP contribution is 2.66. The van der Waals surface area contributed by atoms with E-state index in [1.807, 2.05) is 6.07 Å². The number of likely N-dealkylation sites (tertiary alicyclic amines) is 1. The van der Waals surface area contributed by atoms with Crippen LogP contribution in [0.4, 0.5) is 0 Å². The van der Waals surface area contributed by atoms with Gasteiger partial charge in [-0.15, -0.1) is 12.4 Å². The van der Waals surface area contributed by atoms with Crippen molar-refractivity contribution >= 4 is 12.4 Å². The van der Waals surface area contributed by atoms with Gasteiger partial charge in [0.25, 0.3) is 0 Å². The lowest BCUT2D eigenvalue weighted by atomic mass is 9.46. The number of aliphatic hydroxyl groups excluding tert-OH is 2. The molecule has 27 heavy (non-hydrogen) atoms. The van der Waals surface area contributed by atoms with E-state index in [9.17, 15) is 10.2 Å². The minimum Gasteiger partial charge on any atom is -0.493 e. The molecule has 4 aliphatic rings. The lowest BCUT2D eigenvalue weighted by Gasteiger charge is -2.62. The Morgan fingerprint density at radius 3 is 2.81 bits per heavy atom. The maximum absolute atomic E-state index is 11.4. The third-order valence-electron chi connectivity index (χ3n) is 8.20. The van der Waals surface area contributed by atoms with Gasteiger partial charge in [0.05, 0.1) is 19.8 Å². The number of halogens is 1. The number of rotatable bonds is 3. The minimum atomic E-state index is -0.666. The van der Waals surface area contributed by atoms with Crippen LogP contribution in [-0.2, 0) is 11.8 Å². The summed E-state index contributed by atoms with van der Waals surface area (Å²) >= 11 is 0. The fourth-order valence-corrected chi connectivity index (χ4v) is 6.65. The predicted octanol–water partition coefficient (Wildman–Crippen LogP) is 2.15. The van der Waals surface area contributed by atoms with Crippen LogP contribution in [0.5, 0.6) is 11.5 Å². The molecular formula is C21H30ClNO4. The van der Waals surface area contributed by atoms with Crippen molar-refractivity contribution in [3.63, 3.8) is 0 Å². The molecule has 2 aliphatic carbocycles. The van der Waals surface area contributed by atoms with E-state index in [0.29, 0.717) is 12.0 Å². The van der Waals surface area contributed by atoms with Gasteiger partial charge in [0.1, 0.15) is 6.10 Å². The highest BCUT2D eigenvalue weighted by atomic mass is 35.5. The number of nitrogens with zero attached hydrogens (tertiary/aromatic N) is 1. The molecule has 1 aromatic rings. The molecule has 6 atom stereocenters. The van der Waals surface area contributed by atoms with Crippen molar-refractivity contribution in [1.29, 1.82) is 0 Å². The van der Waals surface area contributed by atoms with Gasteiger partial charge >= 0.3 is 0 Å². The van der Waals surface area contributed by atoms with E-state index in [4.69, 9.17) is 9.47 Å². The first kappa shape index (κ1) is 19.3. The largest absolute Gasteiger partial charge is 0.493 e. The number of piperidine rings is 1. The van der Waals surface area contributed by atoms with Gasteiger partial charge in [0.2, 0.25) is 0 Å². The summed E-state index contributed by atoms with van der Waals surface area (Å²) in [5.41, 5.74) is 2.00. The van der Waals surface area contributed by atoms with Crippen LogP contribution in [0, 0.1) is 11.3 Å². The van der Waals surface area contributed by atoms with E-state index in [1.165, 1.54) is 11.1 Å². The summed E-state index contributed by atoms with van der Waals surface area (Å²) < 4.78 is 12.1. The highest BCUT2D eigenvalue weighted by molar-refractivity contribution is 5.85. The normalized spacial score (nSPS) is 41.4. The topological polar surface area (TPSA) is 62.2 Å². The molecule has 2 heterocycles. The molecule has 1 saturated heterocycles. The second-order valence-corrected chi connectivity index (χ2v) is 8.84. The Bertz CT molecular complexity index is 752. The molecule has 2 aliphatic heterocycles. The Morgan fingerprint density at radius 2 is 2.15 bits per heavy atom. The monoisotopic (exact) mass is 395 g/mol. The van der Waals surface area contributed by atoms with Gasteiger partial charge in [-0.2, -0.15) is 0 Å². The second-order valence-electron chi connectivity index (χ2n) is 8.84. The van der Waals surface area contributed by atoms with Crippen LogP contribution >= 0.6 is 12.4 Å². The van der Waals surface area contributed by atoms with Gasteiger partial charge in [-0.3, -0.25) is 0 Å². The Balaban J connectivity index is 0.00000180. The Labute approximate surface area is 167 Å². The van der Waals surface area contributed by atoms with Gasteiger partial charge in [-0.05, 0) is 56.8 Å². The molecule has 0 radical (unpaired) electrons. The van der Waals surface area contributed by atoms with Crippen LogP contribution in [0.1, 0.15) is 37.3 Å². The van der Waals surface area contributed by atoms with Crippen LogP contribution in [0.2, 0.25) is 0 Å².